The first kappa shape index (κ1) is 28.7. The second-order valence-corrected chi connectivity index (χ2v) is 12.8. The first-order valence-corrected chi connectivity index (χ1v) is 14.1. The normalized spacial score (nSPS) is 13.5. The van der Waals surface area contributed by atoms with Crippen LogP contribution >= 0.6 is 29.4 Å². The van der Waals surface area contributed by atoms with E-state index in [0.29, 0.717) is 6.61 Å². The molecular formula is C18H41BaO2PS2. The summed E-state index contributed by atoms with van der Waals surface area (Å²) in [6, 6.07) is 0. The van der Waals surface area contributed by atoms with Crippen LogP contribution in [0.1, 0.15) is 104 Å². The third kappa shape index (κ3) is 22.5. The van der Waals surface area contributed by atoms with Crippen molar-refractivity contribution in [3.05, 3.63) is 0 Å². The van der Waals surface area contributed by atoms with Gasteiger partial charge in [-0.1, -0.05) is 115 Å². The summed E-state index contributed by atoms with van der Waals surface area (Å²) in [7, 11) is 0. The van der Waals surface area contributed by atoms with E-state index in [0.717, 1.165) is 18.6 Å². The third-order valence-corrected chi connectivity index (χ3v) is 8.54. The molecule has 2 nitrogen and oxygen atoms in total. The second kappa shape index (κ2) is 21.8. The van der Waals surface area contributed by atoms with Crippen molar-refractivity contribution in [2.75, 3.05) is 12.4 Å². The number of rotatable bonds is 18. The van der Waals surface area contributed by atoms with E-state index < -0.39 is 5.77 Å². The minimum absolute atomic E-state index is 0. The summed E-state index contributed by atoms with van der Waals surface area (Å²) in [6.07, 6.45) is 17.8. The van der Waals surface area contributed by atoms with Crippen LogP contribution in [0.5, 0.6) is 0 Å². The topological polar surface area (TPSA) is 26.3 Å². The average Bonchev–Trinajstić information content (AvgIpc) is 2.52. The van der Waals surface area contributed by atoms with E-state index in [1.54, 1.807) is 0 Å². The summed E-state index contributed by atoms with van der Waals surface area (Å²) >= 11 is 5.64. The zero-order chi connectivity index (χ0) is 17.2. The van der Waals surface area contributed by atoms with Gasteiger partial charge in [0, 0.05) is 5.75 Å². The van der Waals surface area contributed by atoms with E-state index in [1.807, 2.05) is 0 Å². The van der Waals surface area contributed by atoms with Crippen molar-refractivity contribution in [1.82, 2.24) is 0 Å². The Morgan fingerprint density at radius 3 is 1.67 bits per heavy atom. The van der Waals surface area contributed by atoms with Crippen molar-refractivity contribution in [2.24, 2.45) is 0 Å². The first-order valence-electron chi connectivity index (χ1n) is 9.74. The molecule has 0 N–H and O–H groups in total. The van der Waals surface area contributed by atoms with E-state index >= 15 is 0 Å². The Bertz CT molecular complexity index is 270. The van der Waals surface area contributed by atoms with Gasteiger partial charge in [-0.05, 0) is 12.8 Å². The predicted octanol–water partition coefficient (Wildman–Crippen LogP) is 7.36. The van der Waals surface area contributed by atoms with Crippen molar-refractivity contribution < 1.29 is 9.09 Å². The Balaban J connectivity index is 0. The molecular weight excluding hydrogens is 481 g/mol. The van der Waals surface area contributed by atoms with Gasteiger partial charge in [0.2, 0.25) is 0 Å². The summed E-state index contributed by atoms with van der Waals surface area (Å²) in [4.78, 5) is 0. The number of thiol groups is 1. The molecule has 0 saturated heterocycles. The molecule has 1 atom stereocenters. The standard InChI is InChI=1S/C18H39O2PS2.Ba.2H/c1-3-5-7-9-11-13-15-17-20-21(19,22)23-18-16-14-12-10-8-6-4-2;;;/h3-18H2,1-2H3,(H,19,22);;;. The van der Waals surface area contributed by atoms with Gasteiger partial charge in [-0.15, -0.1) is 0 Å². The molecule has 0 heterocycles. The molecule has 0 aliphatic carbocycles. The summed E-state index contributed by atoms with van der Waals surface area (Å²) in [5.74, 6) is -1.81. The van der Waals surface area contributed by atoms with Gasteiger partial charge >= 0.3 is 54.7 Å². The molecule has 0 aromatic heterocycles. The molecule has 0 saturated carbocycles. The fourth-order valence-electron chi connectivity index (χ4n) is 2.52. The van der Waals surface area contributed by atoms with Crippen LogP contribution < -0.4 is 0 Å². The molecule has 0 rings (SSSR count). The number of hydrogen-bond acceptors (Lipinski definition) is 3. The van der Waals surface area contributed by atoms with Gasteiger partial charge in [-0.25, -0.2) is 0 Å². The number of hydrogen-bond donors (Lipinski definition) is 1. The van der Waals surface area contributed by atoms with Crippen molar-refractivity contribution in [1.29, 1.82) is 0 Å². The molecule has 0 aliphatic heterocycles. The van der Waals surface area contributed by atoms with Crippen LogP contribution in [0.4, 0.5) is 0 Å². The van der Waals surface area contributed by atoms with Crippen molar-refractivity contribution in [3.8, 4) is 0 Å². The molecule has 144 valence electrons. The van der Waals surface area contributed by atoms with E-state index in [9.17, 15) is 4.57 Å². The SMILES string of the molecule is CCCCCCCCCOP(=O)(S)SCCCCCCCCC.[BaH2]. The van der Waals surface area contributed by atoms with Gasteiger partial charge in [0.05, 0.1) is 6.61 Å². The molecule has 0 fully saturated rings. The van der Waals surface area contributed by atoms with E-state index in [-0.39, 0.29) is 48.9 Å². The molecule has 0 spiro atoms. The Kier molecular flexibility index (Phi) is 26.0. The maximum absolute atomic E-state index is 12.2. The maximum atomic E-state index is 12.2. The third-order valence-electron chi connectivity index (χ3n) is 4.00. The molecule has 0 amide bonds. The van der Waals surface area contributed by atoms with Crippen LogP contribution in [0.3, 0.4) is 0 Å². The summed E-state index contributed by atoms with van der Waals surface area (Å²) in [5, 5.41) is 0. The average molecular weight is 522 g/mol. The Morgan fingerprint density at radius 2 is 1.17 bits per heavy atom. The zero-order valence-corrected chi connectivity index (χ0v) is 18.0. The first-order chi connectivity index (χ1) is 11.1. The Morgan fingerprint density at radius 1 is 0.750 bits per heavy atom. The van der Waals surface area contributed by atoms with Gasteiger partial charge in [0.1, 0.15) is 0 Å². The summed E-state index contributed by atoms with van der Waals surface area (Å²) < 4.78 is 17.7. The fourth-order valence-corrected chi connectivity index (χ4v) is 6.02. The molecule has 6 heteroatoms. The van der Waals surface area contributed by atoms with Crippen LogP contribution in [0.15, 0.2) is 0 Å². The predicted molar refractivity (Wildman–Crippen MR) is 120 cm³/mol. The molecule has 24 heavy (non-hydrogen) atoms. The van der Waals surface area contributed by atoms with Crippen molar-refractivity contribution in [2.45, 2.75) is 104 Å². The van der Waals surface area contributed by atoms with Crippen molar-refractivity contribution >= 4 is 78.3 Å². The molecule has 0 bridgehead atoms. The molecule has 0 radical (unpaired) electrons. The van der Waals surface area contributed by atoms with Crippen LogP contribution in [0.25, 0.3) is 0 Å². The van der Waals surface area contributed by atoms with Crippen molar-refractivity contribution in [3.63, 3.8) is 0 Å². The monoisotopic (exact) mass is 522 g/mol. The molecule has 0 aromatic carbocycles. The van der Waals surface area contributed by atoms with Crippen LogP contribution in [0, 0.1) is 0 Å². The molecule has 0 aromatic rings. The van der Waals surface area contributed by atoms with Crippen LogP contribution in [0.2, 0.25) is 0 Å². The van der Waals surface area contributed by atoms with E-state index in [4.69, 9.17) is 4.52 Å². The van der Waals surface area contributed by atoms with E-state index in [1.165, 1.54) is 88.4 Å². The quantitative estimate of drug-likeness (QED) is 0.0883. The Labute approximate surface area is 201 Å². The molecule has 0 aliphatic rings. The fraction of sp³-hybridized carbons (Fsp3) is 1.00. The zero-order valence-electron chi connectivity index (χ0n) is 15.4. The van der Waals surface area contributed by atoms with Gasteiger partial charge in [-0.3, -0.25) is 4.57 Å². The second-order valence-electron chi connectivity index (χ2n) is 6.38. The summed E-state index contributed by atoms with van der Waals surface area (Å²) in [6.45, 7) is 5.08. The van der Waals surface area contributed by atoms with Gasteiger partial charge in [-0.2, -0.15) is 0 Å². The minimum atomic E-state index is -2.71. The summed E-state index contributed by atoms with van der Waals surface area (Å²) in [5.41, 5.74) is 0. The van der Waals surface area contributed by atoms with Gasteiger partial charge < -0.3 is 4.52 Å². The number of unbranched alkanes of at least 4 members (excludes halogenated alkanes) is 12. The van der Waals surface area contributed by atoms with Gasteiger partial charge in [0.25, 0.3) is 0 Å². The van der Waals surface area contributed by atoms with Crippen LogP contribution in [-0.4, -0.2) is 61.2 Å². The van der Waals surface area contributed by atoms with Crippen LogP contribution in [-0.2, 0) is 9.09 Å². The van der Waals surface area contributed by atoms with E-state index in [2.05, 4.69) is 26.1 Å². The van der Waals surface area contributed by atoms with Gasteiger partial charge in [0.15, 0.2) is 0 Å². The Hall–Kier alpha value is 2.46. The molecule has 1 unspecified atom stereocenters.